The molecule has 2 heterocycles. The van der Waals surface area contributed by atoms with Gasteiger partial charge in [-0.15, -0.1) is 11.3 Å². The molecule has 1 fully saturated rings. The number of amides is 3. The highest BCUT2D eigenvalue weighted by Crippen LogP contribution is 2.32. The molecule has 0 aliphatic carbocycles. The number of nitrogens with one attached hydrogen (secondary N) is 1. The number of carbonyl (C=O) groups is 2. The molecule has 8 heteroatoms. The lowest BCUT2D eigenvalue weighted by Crippen LogP contribution is -2.51. The van der Waals surface area contributed by atoms with Crippen LogP contribution in [0, 0.1) is 17.7 Å². The normalized spacial score (nSPS) is 16.3. The number of rotatable bonds is 3. The Morgan fingerprint density at radius 1 is 1.26 bits per heavy atom. The van der Waals surface area contributed by atoms with Gasteiger partial charge in [-0.25, -0.2) is 9.18 Å². The minimum Gasteiger partial charge on any atom is -0.365 e. The lowest BCUT2D eigenvalue weighted by atomic mass is 10.1. The molecule has 0 spiro atoms. The van der Waals surface area contributed by atoms with Crippen LogP contribution in [0.1, 0.15) is 33.0 Å². The van der Waals surface area contributed by atoms with Gasteiger partial charge < -0.3 is 16.8 Å². The number of anilines is 1. The summed E-state index contributed by atoms with van der Waals surface area (Å²) in [6.45, 7) is 1.46. The SMILES string of the molecule is NC(=O)c1sc(C#Cc2cccc(F)c2)cc1N(C(N)=O)[C@H]1CCCNC1. The van der Waals surface area contributed by atoms with Gasteiger partial charge in [-0.3, -0.25) is 9.69 Å². The van der Waals surface area contributed by atoms with E-state index in [1.54, 1.807) is 18.2 Å². The maximum atomic E-state index is 13.3. The molecule has 3 rings (SSSR count). The molecule has 1 saturated heterocycles. The van der Waals surface area contributed by atoms with Gasteiger partial charge in [-0.05, 0) is 43.7 Å². The highest BCUT2D eigenvalue weighted by Gasteiger charge is 2.29. The van der Waals surface area contributed by atoms with Crippen molar-refractivity contribution in [3.63, 3.8) is 0 Å². The Kier molecular flexibility index (Phi) is 5.74. The molecule has 1 aromatic heterocycles. The van der Waals surface area contributed by atoms with Crippen LogP contribution in [0.5, 0.6) is 0 Å². The molecule has 1 aliphatic rings. The number of nitrogens with zero attached hydrogens (tertiary/aromatic N) is 1. The standard InChI is InChI=1S/C19H19FN4O2S/c20-13-4-1-3-12(9-13)6-7-15-10-16(17(27-15)18(21)25)24(19(22)26)14-5-2-8-23-11-14/h1,3-4,9-10,14,23H,2,5,8,11H2,(H2,21,25)(H2,22,26)/t14-/m0/s1. The molecular formula is C19H19FN4O2S. The van der Waals surface area contributed by atoms with Crippen LogP contribution in [0.2, 0.25) is 0 Å². The molecule has 1 aromatic carbocycles. The quantitative estimate of drug-likeness (QED) is 0.704. The number of carbonyl (C=O) groups excluding carboxylic acids is 2. The van der Waals surface area contributed by atoms with E-state index in [1.165, 1.54) is 17.0 Å². The summed E-state index contributed by atoms with van der Waals surface area (Å²) in [5, 5.41) is 3.22. The van der Waals surface area contributed by atoms with Gasteiger partial charge >= 0.3 is 6.03 Å². The Labute approximate surface area is 160 Å². The summed E-state index contributed by atoms with van der Waals surface area (Å²) in [6, 6.07) is 6.74. The van der Waals surface area contributed by atoms with Crippen molar-refractivity contribution in [1.29, 1.82) is 0 Å². The van der Waals surface area contributed by atoms with E-state index in [-0.39, 0.29) is 16.7 Å². The summed E-state index contributed by atoms with van der Waals surface area (Å²) in [5.74, 6) is 4.72. The molecule has 27 heavy (non-hydrogen) atoms. The summed E-state index contributed by atoms with van der Waals surface area (Å²) in [5.41, 5.74) is 12.0. The lowest BCUT2D eigenvalue weighted by Gasteiger charge is -2.33. The Bertz CT molecular complexity index is 925. The van der Waals surface area contributed by atoms with E-state index in [4.69, 9.17) is 11.5 Å². The van der Waals surface area contributed by atoms with Crippen LogP contribution in [0.3, 0.4) is 0 Å². The van der Waals surface area contributed by atoms with Crippen molar-refractivity contribution < 1.29 is 14.0 Å². The topological polar surface area (TPSA) is 101 Å². The third kappa shape index (κ3) is 4.45. The molecule has 0 saturated carbocycles. The van der Waals surface area contributed by atoms with Gasteiger partial charge in [0.15, 0.2) is 0 Å². The number of hydrogen-bond donors (Lipinski definition) is 3. The summed E-state index contributed by atoms with van der Waals surface area (Å²) >= 11 is 1.09. The van der Waals surface area contributed by atoms with E-state index in [2.05, 4.69) is 17.2 Å². The largest absolute Gasteiger partial charge is 0.365 e. The van der Waals surface area contributed by atoms with Crippen LogP contribution in [-0.2, 0) is 0 Å². The van der Waals surface area contributed by atoms with Crippen LogP contribution in [0.25, 0.3) is 0 Å². The van der Waals surface area contributed by atoms with E-state index in [9.17, 15) is 14.0 Å². The zero-order valence-corrected chi connectivity index (χ0v) is 15.3. The van der Waals surface area contributed by atoms with Gasteiger partial charge in [0.05, 0.1) is 16.6 Å². The smallest absolute Gasteiger partial charge is 0.319 e. The fourth-order valence-electron chi connectivity index (χ4n) is 3.05. The number of piperidine rings is 1. The number of benzene rings is 1. The van der Waals surface area contributed by atoms with E-state index in [0.717, 1.165) is 30.7 Å². The average molecular weight is 386 g/mol. The maximum absolute atomic E-state index is 13.3. The molecule has 5 N–H and O–H groups in total. The molecule has 140 valence electrons. The van der Waals surface area contributed by atoms with Crippen molar-refractivity contribution in [3.05, 3.63) is 51.5 Å². The first-order valence-electron chi connectivity index (χ1n) is 8.46. The maximum Gasteiger partial charge on any atom is 0.319 e. The van der Waals surface area contributed by atoms with Gasteiger partial charge in [0, 0.05) is 12.1 Å². The summed E-state index contributed by atoms with van der Waals surface area (Å²) in [6.07, 6.45) is 1.67. The Hall–Kier alpha value is -2.89. The lowest BCUT2D eigenvalue weighted by molar-refractivity contribution is 0.100. The van der Waals surface area contributed by atoms with Gasteiger partial charge in [0.25, 0.3) is 5.91 Å². The zero-order valence-electron chi connectivity index (χ0n) is 14.5. The molecular weight excluding hydrogens is 367 g/mol. The molecule has 3 amide bonds. The first kappa shape index (κ1) is 18.9. The first-order chi connectivity index (χ1) is 13.0. The predicted octanol–water partition coefficient (Wildman–Crippen LogP) is 2.02. The summed E-state index contributed by atoms with van der Waals surface area (Å²) in [4.78, 5) is 26.2. The Morgan fingerprint density at radius 2 is 2.07 bits per heavy atom. The fraction of sp³-hybridized carbons (Fsp3) is 0.263. The van der Waals surface area contributed by atoms with Gasteiger partial charge in [-0.2, -0.15) is 0 Å². The van der Waals surface area contributed by atoms with E-state index >= 15 is 0 Å². The number of primary amides is 2. The predicted molar refractivity (Wildman–Crippen MR) is 103 cm³/mol. The van der Waals surface area contributed by atoms with Crippen molar-refractivity contribution in [2.24, 2.45) is 11.5 Å². The highest BCUT2D eigenvalue weighted by molar-refractivity contribution is 7.15. The Morgan fingerprint density at radius 3 is 2.70 bits per heavy atom. The molecule has 0 bridgehead atoms. The zero-order chi connectivity index (χ0) is 19.4. The molecule has 6 nitrogen and oxygen atoms in total. The second-order valence-electron chi connectivity index (χ2n) is 6.16. The van der Waals surface area contributed by atoms with E-state index in [0.29, 0.717) is 22.7 Å². The van der Waals surface area contributed by atoms with Gasteiger partial charge in [0.1, 0.15) is 10.7 Å². The molecule has 0 radical (unpaired) electrons. The van der Waals surface area contributed by atoms with Crippen LogP contribution in [0.15, 0.2) is 30.3 Å². The number of urea groups is 1. The number of halogens is 1. The summed E-state index contributed by atoms with van der Waals surface area (Å²) in [7, 11) is 0. The first-order valence-corrected chi connectivity index (χ1v) is 9.28. The minimum atomic E-state index is -0.649. The van der Waals surface area contributed by atoms with E-state index in [1.807, 2.05) is 0 Å². The molecule has 0 unspecified atom stereocenters. The highest BCUT2D eigenvalue weighted by atomic mass is 32.1. The van der Waals surface area contributed by atoms with Crippen LogP contribution >= 0.6 is 11.3 Å². The summed E-state index contributed by atoms with van der Waals surface area (Å²) < 4.78 is 13.3. The molecule has 2 aromatic rings. The second kappa shape index (κ2) is 8.20. The van der Waals surface area contributed by atoms with Gasteiger partial charge in [-0.1, -0.05) is 17.9 Å². The third-order valence-corrected chi connectivity index (χ3v) is 5.28. The molecule has 1 aliphatic heterocycles. The van der Waals surface area contributed by atoms with Crippen molar-refractivity contribution in [2.75, 3.05) is 18.0 Å². The molecule has 1 atom stereocenters. The second-order valence-corrected chi connectivity index (χ2v) is 7.21. The van der Waals surface area contributed by atoms with Crippen molar-refractivity contribution in [3.8, 4) is 11.8 Å². The van der Waals surface area contributed by atoms with Gasteiger partial charge in [0.2, 0.25) is 0 Å². The third-order valence-electron chi connectivity index (χ3n) is 4.22. The van der Waals surface area contributed by atoms with Crippen molar-refractivity contribution in [2.45, 2.75) is 18.9 Å². The monoisotopic (exact) mass is 386 g/mol. The van der Waals surface area contributed by atoms with Crippen molar-refractivity contribution >= 4 is 29.0 Å². The number of thiophene rings is 1. The van der Waals surface area contributed by atoms with Crippen LogP contribution < -0.4 is 21.7 Å². The van der Waals surface area contributed by atoms with Crippen LogP contribution in [0.4, 0.5) is 14.9 Å². The number of nitrogens with two attached hydrogens (primary N) is 2. The van der Waals surface area contributed by atoms with Crippen molar-refractivity contribution in [1.82, 2.24) is 5.32 Å². The van der Waals surface area contributed by atoms with E-state index < -0.39 is 11.9 Å². The fourth-order valence-corrected chi connectivity index (χ4v) is 3.90. The van der Waals surface area contributed by atoms with Crippen LogP contribution in [-0.4, -0.2) is 31.1 Å². The Balaban J connectivity index is 1.97. The average Bonchev–Trinajstić information content (AvgIpc) is 3.05. The number of hydrogen-bond acceptors (Lipinski definition) is 4. The minimum absolute atomic E-state index is 0.159.